The first-order valence-corrected chi connectivity index (χ1v) is 6.23. The quantitative estimate of drug-likeness (QED) is 0.923. The Morgan fingerprint density at radius 3 is 2.50 bits per heavy atom. The summed E-state index contributed by atoms with van der Waals surface area (Å²) in [6, 6.07) is 1.31. The van der Waals surface area contributed by atoms with Crippen LogP contribution in [-0.2, 0) is 6.54 Å². The molecular weight excluding hydrogens is 261 g/mol. The minimum absolute atomic E-state index is 0.220. The molecule has 0 amide bonds. The number of thiazole rings is 1. The van der Waals surface area contributed by atoms with Gasteiger partial charge in [0, 0.05) is 29.8 Å². The molecule has 0 aliphatic rings. The Labute approximate surface area is 106 Å². The summed E-state index contributed by atoms with van der Waals surface area (Å²) >= 11 is 1.18. The molecule has 2 aromatic rings. The number of nitrogens with zero attached hydrogens (tertiary/aromatic N) is 1. The van der Waals surface area contributed by atoms with Crippen LogP contribution in [0.2, 0.25) is 0 Å². The molecule has 0 aliphatic heterocycles. The van der Waals surface area contributed by atoms with Crippen LogP contribution in [0.1, 0.15) is 11.8 Å². The molecule has 0 bridgehead atoms. The highest BCUT2D eigenvalue weighted by atomic mass is 32.1. The fourth-order valence-corrected chi connectivity index (χ4v) is 2.43. The minimum atomic E-state index is -0.933. The first-order valence-electron chi connectivity index (χ1n) is 5.42. The molecule has 18 heavy (non-hydrogen) atoms. The summed E-state index contributed by atoms with van der Waals surface area (Å²) in [6.07, 6.45) is 1.56. The third-order valence-corrected chi connectivity index (χ3v) is 3.34. The van der Waals surface area contributed by atoms with Crippen LogP contribution in [0.3, 0.4) is 0 Å². The van der Waals surface area contributed by atoms with E-state index in [9.17, 15) is 13.2 Å². The van der Waals surface area contributed by atoms with Gasteiger partial charge in [0.15, 0.2) is 0 Å². The van der Waals surface area contributed by atoms with Crippen molar-refractivity contribution in [1.82, 2.24) is 10.3 Å². The lowest BCUT2D eigenvalue weighted by Gasteiger charge is -2.01. The van der Waals surface area contributed by atoms with Gasteiger partial charge in [0.2, 0.25) is 0 Å². The average molecular weight is 272 g/mol. The summed E-state index contributed by atoms with van der Waals surface area (Å²) < 4.78 is 39.8. The van der Waals surface area contributed by atoms with Crippen molar-refractivity contribution < 1.29 is 13.2 Å². The van der Waals surface area contributed by atoms with Crippen molar-refractivity contribution in [3.63, 3.8) is 0 Å². The Kier molecular flexibility index (Phi) is 3.98. The Morgan fingerprint density at radius 1 is 1.22 bits per heavy atom. The maximum Gasteiger partial charge on any atom is 0.139 e. The second-order valence-corrected chi connectivity index (χ2v) is 4.77. The zero-order valence-electron chi connectivity index (χ0n) is 9.64. The molecule has 6 heteroatoms. The molecule has 0 radical (unpaired) electrons. The molecule has 96 valence electrons. The third kappa shape index (κ3) is 2.70. The summed E-state index contributed by atoms with van der Waals surface area (Å²) in [5.41, 5.74) is -0.274. The molecule has 0 saturated carbocycles. The Morgan fingerprint density at radius 2 is 1.89 bits per heavy atom. The first-order chi connectivity index (χ1) is 8.61. The van der Waals surface area contributed by atoms with Crippen LogP contribution in [0.15, 0.2) is 18.3 Å². The fourth-order valence-electron chi connectivity index (χ4n) is 1.50. The summed E-state index contributed by atoms with van der Waals surface area (Å²) in [5.74, 6) is -2.80. The molecule has 2 rings (SSSR count). The zero-order chi connectivity index (χ0) is 13.1. The van der Waals surface area contributed by atoms with Gasteiger partial charge in [-0.2, -0.15) is 0 Å². The molecule has 1 aromatic heterocycles. The number of nitrogens with one attached hydrogen (secondary N) is 1. The van der Waals surface area contributed by atoms with Crippen LogP contribution >= 0.6 is 11.3 Å². The molecule has 1 N–H and O–H groups in total. The second kappa shape index (κ2) is 5.49. The molecule has 0 atom stereocenters. The number of rotatable bonds is 4. The lowest BCUT2D eigenvalue weighted by atomic mass is 10.2. The largest absolute Gasteiger partial charge is 0.312 e. The van der Waals surface area contributed by atoms with Crippen molar-refractivity contribution in [2.45, 2.75) is 13.5 Å². The van der Waals surface area contributed by atoms with Crippen molar-refractivity contribution in [1.29, 1.82) is 0 Å². The molecule has 1 heterocycles. The number of aromatic nitrogens is 1. The van der Waals surface area contributed by atoms with Gasteiger partial charge in [-0.05, 0) is 6.54 Å². The van der Waals surface area contributed by atoms with E-state index >= 15 is 0 Å². The van der Waals surface area contributed by atoms with Gasteiger partial charge in [0.25, 0.3) is 0 Å². The fraction of sp³-hybridized carbons (Fsp3) is 0.250. The molecular formula is C12H11F3N2S. The maximum absolute atomic E-state index is 13.5. The summed E-state index contributed by atoms with van der Waals surface area (Å²) in [5, 5.41) is 3.31. The van der Waals surface area contributed by atoms with Gasteiger partial charge in [-0.25, -0.2) is 18.2 Å². The molecule has 0 fully saturated rings. The van der Waals surface area contributed by atoms with Crippen molar-refractivity contribution >= 4 is 11.3 Å². The van der Waals surface area contributed by atoms with Crippen LogP contribution in [0.25, 0.3) is 10.6 Å². The third-order valence-electron chi connectivity index (χ3n) is 2.32. The first kappa shape index (κ1) is 13.0. The predicted molar refractivity (Wildman–Crippen MR) is 64.8 cm³/mol. The monoisotopic (exact) mass is 272 g/mol. The maximum atomic E-state index is 13.5. The minimum Gasteiger partial charge on any atom is -0.312 e. The molecule has 1 aromatic carbocycles. The van der Waals surface area contributed by atoms with Gasteiger partial charge >= 0.3 is 0 Å². The van der Waals surface area contributed by atoms with Gasteiger partial charge in [0.1, 0.15) is 22.5 Å². The SMILES string of the molecule is CCNCc1cnc(-c2c(F)cc(F)cc2F)s1. The number of hydrogen-bond donors (Lipinski definition) is 1. The highest BCUT2D eigenvalue weighted by Gasteiger charge is 2.16. The van der Waals surface area contributed by atoms with Gasteiger partial charge in [-0.3, -0.25) is 0 Å². The van der Waals surface area contributed by atoms with Crippen LogP contribution in [0.5, 0.6) is 0 Å². The van der Waals surface area contributed by atoms with E-state index in [1.54, 1.807) is 6.20 Å². The van der Waals surface area contributed by atoms with Gasteiger partial charge in [-0.15, -0.1) is 11.3 Å². The topological polar surface area (TPSA) is 24.9 Å². The summed E-state index contributed by atoms with van der Waals surface area (Å²) in [7, 11) is 0. The van der Waals surface area contributed by atoms with E-state index in [4.69, 9.17) is 0 Å². The zero-order valence-corrected chi connectivity index (χ0v) is 10.5. The van der Waals surface area contributed by atoms with Crippen LogP contribution in [0, 0.1) is 17.5 Å². The van der Waals surface area contributed by atoms with E-state index in [2.05, 4.69) is 10.3 Å². The van der Waals surface area contributed by atoms with E-state index in [0.29, 0.717) is 18.7 Å². The normalized spacial score (nSPS) is 10.9. The Balaban J connectivity index is 2.34. The Hall–Kier alpha value is -1.40. The standard InChI is InChI=1S/C12H11F3N2S/c1-2-16-5-8-6-17-12(18-8)11-9(14)3-7(13)4-10(11)15/h3-4,6,16H,2,5H2,1H3. The van der Waals surface area contributed by atoms with Crippen LogP contribution < -0.4 is 5.32 Å². The highest BCUT2D eigenvalue weighted by Crippen LogP contribution is 2.30. The number of hydrogen-bond acceptors (Lipinski definition) is 3. The van der Waals surface area contributed by atoms with E-state index in [1.807, 2.05) is 6.92 Å². The summed E-state index contributed by atoms with van der Waals surface area (Å²) in [6.45, 7) is 3.35. The predicted octanol–water partition coefficient (Wildman–Crippen LogP) is 3.34. The molecule has 2 nitrogen and oxygen atoms in total. The average Bonchev–Trinajstić information content (AvgIpc) is 2.73. The molecule has 0 saturated heterocycles. The van der Waals surface area contributed by atoms with Crippen LogP contribution in [0.4, 0.5) is 13.2 Å². The van der Waals surface area contributed by atoms with Gasteiger partial charge in [-0.1, -0.05) is 6.92 Å². The Bertz CT molecular complexity index is 531. The van der Waals surface area contributed by atoms with Crippen molar-refractivity contribution in [3.8, 4) is 10.6 Å². The molecule has 0 spiro atoms. The van der Waals surface area contributed by atoms with Crippen molar-refractivity contribution in [3.05, 3.63) is 40.7 Å². The van der Waals surface area contributed by atoms with E-state index in [-0.39, 0.29) is 10.6 Å². The van der Waals surface area contributed by atoms with Gasteiger partial charge in [0.05, 0.1) is 5.56 Å². The smallest absolute Gasteiger partial charge is 0.139 e. The summed E-state index contributed by atoms with van der Waals surface area (Å²) in [4.78, 5) is 4.84. The van der Waals surface area contributed by atoms with E-state index in [1.165, 1.54) is 11.3 Å². The van der Waals surface area contributed by atoms with Crippen molar-refractivity contribution in [2.24, 2.45) is 0 Å². The lowest BCUT2D eigenvalue weighted by Crippen LogP contribution is -2.10. The van der Waals surface area contributed by atoms with E-state index in [0.717, 1.165) is 11.4 Å². The number of benzene rings is 1. The van der Waals surface area contributed by atoms with Gasteiger partial charge < -0.3 is 5.32 Å². The second-order valence-electron chi connectivity index (χ2n) is 3.66. The number of halogens is 3. The van der Waals surface area contributed by atoms with E-state index < -0.39 is 17.5 Å². The molecule has 0 aliphatic carbocycles. The highest BCUT2D eigenvalue weighted by molar-refractivity contribution is 7.15. The van der Waals surface area contributed by atoms with Crippen LogP contribution in [-0.4, -0.2) is 11.5 Å². The molecule has 0 unspecified atom stereocenters. The van der Waals surface area contributed by atoms with Crippen molar-refractivity contribution in [2.75, 3.05) is 6.54 Å². The lowest BCUT2D eigenvalue weighted by molar-refractivity contribution is 0.548.